The Labute approximate surface area is 99.6 Å². The molecular formula is C12H14N4O. The zero-order valence-electron chi connectivity index (χ0n) is 10.1. The number of amides is 1. The minimum Gasteiger partial charge on any atom is -0.361 e. The predicted molar refractivity (Wildman–Crippen MR) is 64.6 cm³/mol. The molecule has 5 heteroatoms. The van der Waals surface area contributed by atoms with Crippen molar-refractivity contribution in [1.29, 1.82) is 0 Å². The molecule has 0 spiro atoms. The molecule has 1 aromatic carbocycles. The van der Waals surface area contributed by atoms with Gasteiger partial charge in [0, 0.05) is 0 Å². The molecule has 1 aliphatic rings. The van der Waals surface area contributed by atoms with Crippen LogP contribution < -0.4 is 10.4 Å². The standard InChI is InChI=1S/C12H14N4O/c1-7-4-5-10(6-8(7)2)16-12(17)11(14-13)9(3)15-16/h4-6,9,15H,1-3H3. The summed E-state index contributed by atoms with van der Waals surface area (Å²) in [5, 5.41) is 1.41. The van der Waals surface area contributed by atoms with E-state index in [1.54, 1.807) is 6.92 Å². The van der Waals surface area contributed by atoms with E-state index in [-0.39, 0.29) is 17.7 Å². The van der Waals surface area contributed by atoms with E-state index >= 15 is 0 Å². The van der Waals surface area contributed by atoms with Crippen molar-refractivity contribution in [3.63, 3.8) is 0 Å². The average molecular weight is 230 g/mol. The molecule has 1 atom stereocenters. The molecular weight excluding hydrogens is 216 g/mol. The van der Waals surface area contributed by atoms with Crippen molar-refractivity contribution in [2.24, 2.45) is 0 Å². The van der Waals surface area contributed by atoms with E-state index < -0.39 is 0 Å². The zero-order chi connectivity index (χ0) is 12.6. The van der Waals surface area contributed by atoms with Crippen LogP contribution in [0.1, 0.15) is 18.1 Å². The highest BCUT2D eigenvalue weighted by Crippen LogP contribution is 2.20. The van der Waals surface area contributed by atoms with Crippen LogP contribution in [0.25, 0.3) is 5.53 Å². The Balaban J connectivity index is 2.39. The second kappa shape index (κ2) is 4.13. The second-order valence-corrected chi connectivity index (χ2v) is 4.25. The quantitative estimate of drug-likeness (QED) is 0.582. The lowest BCUT2D eigenvalue weighted by Crippen LogP contribution is -2.36. The zero-order valence-corrected chi connectivity index (χ0v) is 10.1. The number of hydrogen-bond donors (Lipinski definition) is 1. The van der Waals surface area contributed by atoms with Gasteiger partial charge in [0.25, 0.3) is 0 Å². The summed E-state index contributed by atoms with van der Waals surface area (Å²) in [5.74, 6) is -0.316. The van der Waals surface area contributed by atoms with Crippen LogP contribution >= 0.6 is 0 Å². The van der Waals surface area contributed by atoms with Gasteiger partial charge < -0.3 is 5.53 Å². The fraction of sp³-hybridized carbons (Fsp3) is 0.333. The highest BCUT2D eigenvalue weighted by Gasteiger charge is 2.41. The summed E-state index contributed by atoms with van der Waals surface area (Å²) >= 11 is 0. The SMILES string of the molecule is Cc1ccc(N2NC(C)C(=[N+]=[N-])C2=O)cc1C. The van der Waals surface area contributed by atoms with Crippen molar-refractivity contribution >= 4 is 17.3 Å². The molecule has 1 aromatic rings. The van der Waals surface area contributed by atoms with Crippen molar-refractivity contribution in [3.05, 3.63) is 34.9 Å². The molecule has 1 aliphatic heterocycles. The number of hydrogen-bond acceptors (Lipinski definition) is 2. The predicted octanol–water partition coefficient (Wildman–Crippen LogP) is 1.21. The first-order chi connectivity index (χ1) is 8.04. The molecule has 0 bridgehead atoms. The van der Waals surface area contributed by atoms with E-state index in [1.807, 2.05) is 32.0 Å². The third-order valence-corrected chi connectivity index (χ3v) is 3.01. The number of benzene rings is 1. The van der Waals surface area contributed by atoms with E-state index in [0.29, 0.717) is 0 Å². The molecule has 2 rings (SSSR count). The average Bonchev–Trinajstić information content (AvgIpc) is 2.58. The lowest BCUT2D eigenvalue weighted by molar-refractivity contribution is -0.116. The van der Waals surface area contributed by atoms with E-state index in [4.69, 9.17) is 5.53 Å². The van der Waals surface area contributed by atoms with Gasteiger partial charge in [0.1, 0.15) is 6.04 Å². The van der Waals surface area contributed by atoms with Crippen LogP contribution in [0.3, 0.4) is 0 Å². The number of rotatable bonds is 1. The van der Waals surface area contributed by atoms with Crippen molar-refractivity contribution in [3.8, 4) is 0 Å². The summed E-state index contributed by atoms with van der Waals surface area (Å²) in [5.41, 5.74) is 14.9. The van der Waals surface area contributed by atoms with Gasteiger partial charge in [0.15, 0.2) is 0 Å². The summed E-state index contributed by atoms with van der Waals surface area (Å²) in [6.45, 7) is 5.78. The number of carbonyl (C=O) groups is 1. The Bertz CT molecular complexity index is 531. The van der Waals surface area contributed by atoms with Gasteiger partial charge >= 0.3 is 11.6 Å². The monoisotopic (exact) mass is 230 g/mol. The summed E-state index contributed by atoms with van der Waals surface area (Å²) in [6, 6.07) is 5.46. The molecule has 1 unspecified atom stereocenters. The molecule has 1 amide bonds. The molecule has 1 saturated heterocycles. The van der Waals surface area contributed by atoms with Crippen LogP contribution in [0.5, 0.6) is 0 Å². The van der Waals surface area contributed by atoms with Crippen molar-refractivity contribution in [1.82, 2.24) is 5.43 Å². The van der Waals surface area contributed by atoms with Gasteiger partial charge in [-0.05, 0) is 44.0 Å². The van der Waals surface area contributed by atoms with E-state index in [0.717, 1.165) is 11.3 Å². The maximum absolute atomic E-state index is 11.9. The van der Waals surface area contributed by atoms with Crippen molar-refractivity contribution in [2.45, 2.75) is 26.8 Å². The van der Waals surface area contributed by atoms with Crippen molar-refractivity contribution < 1.29 is 9.58 Å². The number of nitrogens with one attached hydrogen (secondary N) is 1. The molecule has 1 fully saturated rings. The lowest BCUT2D eigenvalue weighted by Gasteiger charge is -2.16. The smallest absolute Gasteiger partial charge is 0.361 e. The summed E-state index contributed by atoms with van der Waals surface area (Å²) in [4.78, 5) is 14.9. The molecule has 0 radical (unpaired) electrons. The highest BCUT2D eigenvalue weighted by atomic mass is 16.2. The van der Waals surface area contributed by atoms with Crippen LogP contribution in [0.4, 0.5) is 5.69 Å². The van der Waals surface area contributed by atoms with Gasteiger partial charge in [-0.2, -0.15) is 4.79 Å². The lowest BCUT2D eigenvalue weighted by atomic mass is 10.1. The Morgan fingerprint density at radius 3 is 2.59 bits per heavy atom. The highest BCUT2D eigenvalue weighted by molar-refractivity contribution is 6.45. The van der Waals surface area contributed by atoms with E-state index in [1.165, 1.54) is 10.6 Å². The van der Waals surface area contributed by atoms with E-state index in [2.05, 4.69) is 10.2 Å². The molecule has 0 aliphatic carbocycles. The Hall–Kier alpha value is -1.97. The van der Waals surface area contributed by atoms with Gasteiger partial charge in [-0.3, -0.25) is 4.79 Å². The Morgan fingerprint density at radius 2 is 2.06 bits per heavy atom. The van der Waals surface area contributed by atoms with Crippen LogP contribution in [0.15, 0.2) is 18.2 Å². The van der Waals surface area contributed by atoms with Crippen LogP contribution in [0.2, 0.25) is 0 Å². The second-order valence-electron chi connectivity index (χ2n) is 4.25. The fourth-order valence-corrected chi connectivity index (χ4v) is 1.80. The molecule has 1 N–H and O–H groups in total. The molecule has 17 heavy (non-hydrogen) atoms. The summed E-state index contributed by atoms with van der Waals surface area (Å²) < 4.78 is 0. The first kappa shape index (κ1) is 11.5. The summed E-state index contributed by atoms with van der Waals surface area (Å²) in [7, 11) is 0. The molecule has 1 heterocycles. The number of anilines is 1. The summed E-state index contributed by atoms with van der Waals surface area (Å²) in [6.07, 6.45) is 0. The van der Waals surface area contributed by atoms with Crippen LogP contribution in [-0.4, -0.2) is 22.5 Å². The Kier molecular flexibility index (Phi) is 2.79. The maximum Gasteiger partial charge on any atom is 0.375 e. The minimum absolute atomic E-state index is 0.128. The first-order valence-corrected chi connectivity index (χ1v) is 5.44. The number of nitrogens with zero attached hydrogens (tertiary/aromatic N) is 3. The van der Waals surface area contributed by atoms with Crippen molar-refractivity contribution in [2.75, 3.05) is 5.01 Å². The number of carbonyl (C=O) groups excluding carboxylic acids is 1. The number of hydrazine groups is 1. The van der Waals surface area contributed by atoms with Gasteiger partial charge in [-0.15, -0.1) is 0 Å². The largest absolute Gasteiger partial charge is 0.375 e. The first-order valence-electron chi connectivity index (χ1n) is 5.44. The van der Waals surface area contributed by atoms with Gasteiger partial charge in [-0.1, -0.05) is 6.07 Å². The maximum atomic E-state index is 11.9. The van der Waals surface area contributed by atoms with Gasteiger partial charge in [-0.25, -0.2) is 10.4 Å². The number of aryl methyl sites for hydroxylation is 2. The third kappa shape index (κ3) is 1.86. The topological polar surface area (TPSA) is 68.7 Å². The third-order valence-electron chi connectivity index (χ3n) is 3.01. The van der Waals surface area contributed by atoms with Gasteiger partial charge in [0.05, 0.1) is 5.69 Å². The minimum atomic E-state index is -0.316. The fourth-order valence-electron chi connectivity index (χ4n) is 1.80. The van der Waals surface area contributed by atoms with Crippen LogP contribution in [0, 0.1) is 13.8 Å². The normalized spacial score (nSPS) is 19.7. The molecule has 0 aromatic heterocycles. The molecule has 88 valence electrons. The molecule has 5 nitrogen and oxygen atoms in total. The van der Waals surface area contributed by atoms with Gasteiger partial charge in [0.2, 0.25) is 0 Å². The Morgan fingerprint density at radius 1 is 1.35 bits per heavy atom. The molecule has 0 saturated carbocycles. The van der Waals surface area contributed by atoms with Crippen LogP contribution in [-0.2, 0) is 4.79 Å². The van der Waals surface area contributed by atoms with E-state index in [9.17, 15) is 4.79 Å².